The van der Waals surface area contributed by atoms with Gasteiger partial charge in [-0.2, -0.15) is 0 Å². The highest BCUT2D eigenvalue weighted by molar-refractivity contribution is 6.30. The van der Waals surface area contributed by atoms with Crippen molar-refractivity contribution in [2.75, 3.05) is 31.1 Å². The molecule has 1 spiro atoms. The highest BCUT2D eigenvalue weighted by Crippen LogP contribution is 2.41. The second-order valence-corrected chi connectivity index (χ2v) is 8.73. The summed E-state index contributed by atoms with van der Waals surface area (Å²) in [6.45, 7) is 2.40. The van der Waals surface area contributed by atoms with Gasteiger partial charge in [-0.3, -0.25) is 19.4 Å². The van der Waals surface area contributed by atoms with Gasteiger partial charge in [-0.1, -0.05) is 23.7 Å². The number of carbonyl (C=O) groups is 2. The van der Waals surface area contributed by atoms with Crippen molar-refractivity contribution in [3.63, 3.8) is 0 Å². The lowest BCUT2D eigenvalue weighted by molar-refractivity contribution is -0.169. The molecule has 1 atom stereocenters. The topological polar surface area (TPSA) is 56.8 Å². The average molecular weight is 467 g/mol. The molecule has 6 nitrogen and oxygen atoms in total. The van der Waals surface area contributed by atoms with Crippen molar-refractivity contribution in [3.05, 3.63) is 58.5 Å². The monoisotopic (exact) mass is 466 g/mol. The van der Waals surface area contributed by atoms with Gasteiger partial charge in [-0.25, -0.2) is 18.2 Å². The Hall–Kier alpha value is -2.65. The maximum Gasteiger partial charge on any atom is 0.257 e. The standard InChI is InChI=1S/C22H22ClF3N4O2/c1-13-7-17(24)20(27-8-13)29-10-19(31)30(14(2)15-3-5-16(23)6-4-15)22(21(29)32)11-28(12-22)9-18(25)26/h3-8,14,18H,9-12H2,1-2H3/t14-/m0/s1. The average Bonchev–Trinajstić information content (AvgIpc) is 2.69. The van der Waals surface area contributed by atoms with Crippen LogP contribution in [0.4, 0.5) is 19.0 Å². The lowest BCUT2D eigenvalue weighted by Crippen LogP contribution is -2.81. The number of anilines is 1. The molecule has 1 aromatic heterocycles. The molecule has 2 aliphatic rings. The van der Waals surface area contributed by atoms with Gasteiger partial charge in [0.25, 0.3) is 12.3 Å². The number of benzene rings is 1. The van der Waals surface area contributed by atoms with Gasteiger partial charge in [0.15, 0.2) is 11.6 Å². The fourth-order valence-electron chi connectivity index (χ4n) is 4.55. The van der Waals surface area contributed by atoms with Crippen LogP contribution in [0, 0.1) is 12.7 Å². The van der Waals surface area contributed by atoms with E-state index >= 15 is 0 Å². The number of halogens is 4. The van der Waals surface area contributed by atoms with Crippen molar-refractivity contribution >= 4 is 29.2 Å². The lowest BCUT2D eigenvalue weighted by atomic mass is 9.81. The molecule has 0 bridgehead atoms. The number of likely N-dealkylation sites (tertiary alicyclic amines) is 1. The molecule has 2 aromatic rings. The molecular weight excluding hydrogens is 445 g/mol. The number of hydrogen-bond donors (Lipinski definition) is 0. The number of rotatable bonds is 5. The quantitative estimate of drug-likeness (QED) is 0.677. The van der Waals surface area contributed by atoms with Crippen LogP contribution in [0.25, 0.3) is 0 Å². The Bertz CT molecular complexity index is 1040. The maximum atomic E-state index is 14.6. The Labute approximate surface area is 188 Å². The number of carbonyl (C=O) groups excluding carboxylic acids is 2. The second-order valence-electron chi connectivity index (χ2n) is 8.29. The Morgan fingerprint density at radius 3 is 2.44 bits per heavy atom. The first-order chi connectivity index (χ1) is 15.1. The fourth-order valence-corrected chi connectivity index (χ4v) is 4.68. The molecule has 32 heavy (non-hydrogen) atoms. The minimum atomic E-state index is -2.57. The van der Waals surface area contributed by atoms with Crippen molar-refractivity contribution in [1.82, 2.24) is 14.8 Å². The summed E-state index contributed by atoms with van der Waals surface area (Å²) in [6.07, 6.45) is -1.16. The van der Waals surface area contributed by atoms with Crippen LogP contribution in [0.2, 0.25) is 5.02 Å². The minimum absolute atomic E-state index is 0.0657. The van der Waals surface area contributed by atoms with Crippen molar-refractivity contribution < 1.29 is 22.8 Å². The molecule has 0 unspecified atom stereocenters. The first-order valence-electron chi connectivity index (χ1n) is 10.1. The van der Waals surface area contributed by atoms with E-state index in [4.69, 9.17) is 11.6 Å². The third kappa shape index (κ3) is 3.84. The van der Waals surface area contributed by atoms with Crippen molar-refractivity contribution in [2.45, 2.75) is 31.9 Å². The molecule has 2 aliphatic heterocycles. The van der Waals surface area contributed by atoms with Crippen LogP contribution in [0.5, 0.6) is 0 Å². The number of hydrogen-bond acceptors (Lipinski definition) is 4. The van der Waals surface area contributed by atoms with Gasteiger partial charge in [0, 0.05) is 24.3 Å². The van der Waals surface area contributed by atoms with Gasteiger partial charge in [0.2, 0.25) is 5.91 Å². The van der Waals surface area contributed by atoms with Gasteiger partial charge in [-0.15, -0.1) is 0 Å². The number of aromatic nitrogens is 1. The van der Waals surface area contributed by atoms with Crippen LogP contribution in [-0.2, 0) is 9.59 Å². The minimum Gasteiger partial charge on any atom is -0.317 e. The maximum absolute atomic E-state index is 14.6. The summed E-state index contributed by atoms with van der Waals surface area (Å²) in [5, 5.41) is 0.524. The van der Waals surface area contributed by atoms with Gasteiger partial charge in [0.1, 0.15) is 12.1 Å². The molecule has 170 valence electrons. The summed E-state index contributed by atoms with van der Waals surface area (Å²) >= 11 is 5.97. The SMILES string of the molecule is Cc1cnc(N2CC(=O)N([C@@H](C)c3ccc(Cl)cc3)C3(CN(CC(F)F)C3)C2=O)c(F)c1. The van der Waals surface area contributed by atoms with Crippen molar-refractivity contribution in [2.24, 2.45) is 0 Å². The summed E-state index contributed by atoms with van der Waals surface area (Å²) in [5.41, 5.74) is -0.0701. The number of nitrogens with zero attached hydrogens (tertiary/aromatic N) is 4. The van der Waals surface area contributed by atoms with Crippen LogP contribution in [-0.4, -0.2) is 64.7 Å². The van der Waals surface area contributed by atoms with Gasteiger partial charge in [0.05, 0.1) is 12.6 Å². The van der Waals surface area contributed by atoms with E-state index in [1.807, 2.05) is 0 Å². The van der Waals surface area contributed by atoms with Crippen LogP contribution in [0.1, 0.15) is 24.1 Å². The largest absolute Gasteiger partial charge is 0.317 e. The number of pyridine rings is 1. The highest BCUT2D eigenvalue weighted by Gasteiger charge is 2.61. The van der Waals surface area contributed by atoms with Crippen molar-refractivity contribution in [3.8, 4) is 0 Å². The van der Waals surface area contributed by atoms with Gasteiger partial charge >= 0.3 is 0 Å². The zero-order chi connectivity index (χ0) is 23.2. The van der Waals surface area contributed by atoms with E-state index in [0.717, 1.165) is 10.5 Å². The molecule has 4 rings (SSSR count). The van der Waals surface area contributed by atoms with Crippen LogP contribution in [0.3, 0.4) is 0 Å². The van der Waals surface area contributed by atoms with Gasteiger partial charge in [-0.05, 0) is 43.2 Å². The zero-order valence-electron chi connectivity index (χ0n) is 17.6. The Kier molecular flexibility index (Phi) is 5.89. The number of alkyl halides is 2. The third-order valence-corrected chi connectivity index (χ3v) is 6.24. The first-order valence-corrected chi connectivity index (χ1v) is 10.5. The first kappa shape index (κ1) is 22.5. The van der Waals surface area contributed by atoms with Crippen molar-refractivity contribution in [1.29, 1.82) is 0 Å². The third-order valence-electron chi connectivity index (χ3n) is 5.99. The fraction of sp³-hybridized carbons (Fsp3) is 0.409. The van der Waals surface area contributed by atoms with Crippen LogP contribution in [0.15, 0.2) is 36.5 Å². The predicted octanol–water partition coefficient (Wildman–Crippen LogP) is 3.44. The van der Waals surface area contributed by atoms with E-state index in [-0.39, 0.29) is 25.5 Å². The molecule has 3 heterocycles. The molecule has 0 aliphatic carbocycles. The summed E-state index contributed by atoms with van der Waals surface area (Å²) in [5.74, 6) is -1.90. The second kappa shape index (κ2) is 8.37. The summed E-state index contributed by atoms with van der Waals surface area (Å²) in [6, 6.07) is 7.58. The summed E-state index contributed by atoms with van der Waals surface area (Å²) in [7, 11) is 0. The van der Waals surface area contributed by atoms with Gasteiger partial charge < -0.3 is 4.90 Å². The number of amides is 2. The highest BCUT2D eigenvalue weighted by atomic mass is 35.5. The van der Waals surface area contributed by atoms with E-state index in [1.54, 1.807) is 38.1 Å². The molecule has 2 fully saturated rings. The Balaban J connectivity index is 1.72. The number of aryl methyl sites for hydroxylation is 1. The smallest absolute Gasteiger partial charge is 0.257 e. The van der Waals surface area contributed by atoms with E-state index < -0.39 is 42.2 Å². The van der Waals surface area contributed by atoms with E-state index in [9.17, 15) is 22.8 Å². The Morgan fingerprint density at radius 1 is 1.19 bits per heavy atom. The normalized spacial score (nSPS) is 19.6. The molecule has 0 radical (unpaired) electrons. The van der Waals surface area contributed by atoms with E-state index in [1.165, 1.54) is 22.1 Å². The lowest BCUT2D eigenvalue weighted by Gasteiger charge is -2.59. The molecular formula is C22H22ClF3N4O2. The Morgan fingerprint density at radius 2 is 1.84 bits per heavy atom. The predicted molar refractivity (Wildman–Crippen MR) is 113 cm³/mol. The van der Waals surface area contributed by atoms with Crippen LogP contribution < -0.4 is 4.90 Å². The molecule has 10 heteroatoms. The van der Waals surface area contributed by atoms with E-state index in [0.29, 0.717) is 10.6 Å². The molecule has 1 aromatic carbocycles. The van der Waals surface area contributed by atoms with Crippen LogP contribution >= 0.6 is 11.6 Å². The number of piperazine rings is 1. The zero-order valence-corrected chi connectivity index (χ0v) is 18.3. The molecule has 0 saturated carbocycles. The molecule has 2 amide bonds. The van der Waals surface area contributed by atoms with E-state index in [2.05, 4.69) is 4.98 Å². The summed E-state index contributed by atoms with van der Waals surface area (Å²) in [4.78, 5) is 34.9. The molecule has 0 N–H and O–H groups in total. The molecule has 2 saturated heterocycles. The summed E-state index contributed by atoms with van der Waals surface area (Å²) < 4.78 is 40.5.